The lowest BCUT2D eigenvalue weighted by atomic mass is 10.0. The number of nitrogens with zero attached hydrogens (tertiary/aromatic N) is 2. The number of nitrogens with one attached hydrogen (secondary N) is 1. The molecule has 3 aromatic rings. The summed E-state index contributed by atoms with van der Waals surface area (Å²) in [6, 6.07) is 18.0. The van der Waals surface area contributed by atoms with Gasteiger partial charge in [0.15, 0.2) is 6.10 Å². The Morgan fingerprint density at radius 2 is 1.92 bits per heavy atom. The van der Waals surface area contributed by atoms with E-state index in [-0.39, 0.29) is 5.91 Å². The quantitative estimate of drug-likeness (QED) is 0.777. The molecule has 3 heterocycles. The van der Waals surface area contributed by atoms with Gasteiger partial charge >= 0.3 is 0 Å². The van der Waals surface area contributed by atoms with Gasteiger partial charge in [0.2, 0.25) is 0 Å². The molecule has 5 nitrogen and oxygen atoms in total. The SMILES string of the molecule is O=C(C1Cc2ccccc2O1)N1CCc2[nH]nc(-c3ccccc3)c2C1. The third kappa shape index (κ3) is 2.47. The number of amides is 1. The first kappa shape index (κ1) is 15.2. The summed E-state index contributed by atoms with van der Waals surface area (Å²) in [7, 11) is 0. The van der Waals surface area contributed by atoms with E-state index in [2.05, 4.69) is 10.2 Å². The van der Waals surface area contributed by atoms with Crippen LogP contribution in [0.1, 0.15) is 16.8 Å². The second-order valence-electron chi connectivity index (χ2n) is 6.82. The van der Waals surface area contributed by atoms with Crippen molar-refractivity contribution in [2.24, 2.45) is 0 Å². The molecule has 1 aromatic heterocycles. The van der Waals surface area contributed by atoms with Gasteiger partial charge in [-0.15, -0.1) is 0 Å². The van der Waals surface area contributed by atoms with E-state index in [1.54, 1.807) is 0 Å². The number of aromatic amines is 1. The molecule has 1 N–H and O–H groups in total. The van der Waals surface area contributed by atoms with Gasteiger partial charge in [-0.25, -0.2) is 0 Å². The van der Waals surface area contributed by atoms with Crippen molar-refractivity contribution in [3.63, 3.8) is 0 Å². The van der Waals surface area contributed by atoms with Crippen LogP contribution >= 0.6 is 0 Å². The number of H-pyrrole nitrogens is 1. The summed E-state index contributed by atoms with van der Waals surface area (Å²) >= 11 is 0. The van der Waals surface area contributed by atoms with Crippen LogP contribution in [0, 0.1) is 0 Å². The van der Waals surface area contributed by atoms with Gasteiger partial charge in [-0.2, -0.15) is 5.10 Å². The maximum atomic E-state index is 13.0. The number of carbonyl (C=O) groups is 1. The molecule has 0 saturated heterocycles. The largest absolute Gasteiger partial charge is 0.480 e. The molecule has 1 atom stereocenters. The third-order valence-electron chi connectivity index (χ3n) is 5.21. The second kappa shape index (κ2) is 6.02. The summed E-state index contributed by atoms with van der Waals surface area (Å²) in [5, 5.41) is 7.65. The highest BCUT2D eigenvalue weighted by Gasteiger charge is 2.34. The zero-order chi connectivity index (χ0) is 17.5. The van der Waals surface area contributed by atoms with Gasteiger partial charge in [0.25, 0.3) is 5.91 Å². The van der Waals surface area contributed by atoms with Crippen molar-refractivity contribution in [2.75, 3.05) is 6.54 Å². The minimum Gasteiger partial charge on any atom is -0.480 e. The molecular formula is C21H19N3O2. The molecule has 1 amide bonds. The van der Waals surface area contributed by atoms with E-state index in [1.165, 1.54) is 0 Å². The molecule has 26 heavy (non-hydrogen) atoms. The molecule has 2 aliphatic rings. The molecular weight excluding hydrogens is 326 g/mol. The highest BCUT2D eigenvalue weighted by atomic mass is 16.5. The molecule has 2 aromatic carbocycles. The fourth-order valence-corrected chi connectivity index (χ4v) is 3.84. The molecule has 5 rings (SSSR count). The van der Waals surface area contributed by atoms with E-state index in [9.17, 15) is 4.79 Å². The zero-order valence-corrected chi connectivity index (χ0v) is 14.3. The molecule has 2 aliphatic heterocycles. The summed E-state index contributed by atoms with van der Waals surface area (Å²) in [4.78, 5) is 14.9. The van der Waals surface area contributed by atoms with Crippen LogP contribution in [0.3, 0.4) is 0 Å². The maximum Gasteiger partial charge on any atom is 0.264 e. The normalized spacial score (nSPS) is 18.2. The van der Waals surface area contributed by atoms with E-state index in [0.717, 1.165) is 40.2 Å². The Kier molecular flexibility index (Phi) is 3.52. The smallest absolute Gasteiger partial charge is 0.264 e. The van der Waals surface area contributed by atoms with Crippen molar-refractivity contribution >= 4 is 5.91 Å². The fraction of sp³-hybridized carbons (Fsp3) is 0.238. The molecule has 1 unspecified atom stereocenters. The van der Waals surface area contributed by atoms with Crippen LogP contribution in [0.25, 0.3) is 11.3 Å². The average Bonchev–Trinajstić information content (AvgIpc) is 3.31. The molecule has 0 saturated carbocycles. The molecule has 0 bridgehead atoms. The predicted molar refractivity (Wildman–Crippen MR) is 97.7 cm³/mol. The molecule has 0 radical (unpaired) electrons. The van der Waals surface area contributed by atoms with Crippen molar-refractivity contribution in [3.05, 3.63) is 71.4 Å². The number of carbonyl (C=O) groups excluding carboxylic acids is 1. The summed E-state index contributed by atoms with van der Waals surface area (Å²) in [6.07, 6.45) is 1.02. The van der Waals surface area contributed by atoms with Crippen LogP contribution in [-0.2, 0) is 24.2 Å². The minimum absolute atomic E-state index is 0.0621. The van der Waals surface area contributed by atoms with E-state index in [0.29, 0.717) is 19.5 Å². The second-order valence-corrected chi connectivity index (χ2v) is 6.82. The van der Waals surface area contributed by atoms with E-state index < -0.39 is 6.10 Å². The number of ether oxygens (including phenoxy) is 1. The van der Waals surface area contributed by atoms with Crippen molar-refractivity contribution in [3.8, 4) is 17.0 Å². The van der Waals surface area contributed by atoms with E-state index in [1.807, 2.05) is 59.5 Å². The topological polar surface area (TPSA) is 58.2 Å². The van der Waals surface area contributed by atoms with Gasteiger partial charge < -0.3 is 9.64 Å². The zero-order valence-electron chi connectivity index (χ0n) is 14.3. The monoisotopic (exact) mass is 345 g/mol. The standard InChI is InChI=1S/C21H19N3O2/c25-21(19-12-15-8-4-5-9-18(15)26-19)24-11-10-17-16(13-24)20(23-22-17)14-6-2-1-3-7-14/h1-9,19H,10-13H2,(H,22,23). The number of rotatable bonds is 2. The van der Waals surface area contributed by atoms with Crippen LogP contribution in [0.5, 0.6) is 5.75 Å². The Morgan fingerprint density at radius 3 is 2.77 bits per heavy atom. The maximum absolute atomic E-state index is 13.0. The fourth-order valence-electron chi connectivity index (χ4n) is 3.84. The first-order chi connectivity index (χ1) is 12.8. The van der Waals surface area contributed by atoms with Crippen LogP contribution < -0.4 is 4.74 Å². The van der Waals surface area contributed by atoms with Crippen molar-refractivity contribution in [1.82, 2.24) is 15.1 Å². The number of benzene rings is 2. The van der Waals surface area contributed by atoms with Gasteiger partial charge in [-0.3, -0.25) is 9.89 Å². The van der Waals surface area contributed by atoms with Crippen LogP contribution in [0.2, 0.25) is 0 Å². The lowest BCUT2D eigenvalue weighted by Crippen LogP contribution is -2.43. The van der Waals surface area contributed by atoms with Gasteiger partial charge in [-0.1, -0.05) is 48.5 Å². The first-order valence-corrected chi connectivity index (χ1v) is 8.94. The Labute approximate surface area is 151 Å². The Balaban J connectivity index is 1.38. The predicted octanol–water partition coefficient (Wildman–Crippen LogP) is 2.97. The Hall–Kier alpha value is -3.08. The first-order valence-electron chi connectivity index (χ1n) is 8.94. The highest BCUT2D eigenvalue weighted by molar-refractivity contribution is 5.83. The van der Waals surface area contributed by atoms with Gasteiger partial charge in [0.05, 0.1) is 5.69 Å². The number of aromatic nitrogens is 2. The molecule has 5 heteroatoms. The van der Waals surface area contributed by atoms with Crippen molar-refractivity contribution < 1.29 is 9.53 Å². The van der Waals surface area contributed by atoms with E-state index >= 15 is 0 Å². The third-order valence-corrected chi connectivity index (χ3v) is 5.21. The molecule has 130 valence electrons. The highest BCUT2D eigenvalue weighted by Crippen LogP contribution is 2.32. The van der Waals surface area contributed by atoms with Crippen LogP contribution in [-0.4, -0.2) is 33.7 Å². The van der Waals surface area contributed by atoms with Gasteiger partial charge in [0.1, 0.15) is 5.75 Å². The number of para-hydroxylation sites is 1. The summed E-state index contributed by atoms with van der Waals surface area (Å²) in [5.74, 6) is 0.892. The summed E-state index contributed by atoms with van der Waals surface area (Å²) < 4.78 is 5.89. The molecule has 0 fully saturated rings. The summed E-state index contributed by atoms with van der Waals surface area (Å²) in [6.45, 7) is 1.27. The molecule has 0 aliphatic carbocycles. The minimum atomic E-state index is -0.416. The molecule has 0 spiro atoms. The van der Waals surface area contributed by atoms with E-state index in [4.69, 9.17) is 4.74 Å². The number of fused-ring (bicyclic) bond motifs is 2. The lowest BCUT2D eigenvalue weighted by Gasteiger charge is -2.29. The Bertz CT molecular complexity index is 939. The number of hydrogen-bond donors (Lipinski definition) is 1. The van der Waals surface area contributed by atoms with Crippen molar-refractivity contribution in [1.29, 1.82) is 0 Å². The summed E-state index contributed by atoms with van der Waals surface area (Å²) in [5.41, 5.74) is 5.37. The average molecular weight is 345 g/mol. The van der Waals surface area contributed by atoms with Gasteiger partial charge in [0, 0.05) is 42.8 Å². The van der Waals surface area contributed by atoms with Gasteiger partial charge in [-0.05, 0) is 11.6 Å². The Morgan fingerprint density at radius 1 is 1.12 bits per heavy atom. The number of hydrogen-bond acceptors (Lipinski definition) is 3. The van der Waals surface area contributed by atoms with Crippen LogP contribution in [0.4, 0.5) is 0 Å². The van der Waals surface area contributed by atoms with Crippen molar-refractivity contribution in [2.45, 2.75) is 25.5 Å². The van der Waals surface area contributed by atoms with Crippen LogP contribution in [0.15, 0.2) is 54.6 Å². The lowest BCUT2D eigenvalue weighted by molar-refractivity contribution is -0.138.